The van der Waals surface area contributed by atoms with E-state index < -0.39 is 0 Å². The number of nitrogens with zero attached hydrogens (tertiary/aromatic N) is 3. The molecule has 72 valence electrons. The normalized spacial score (nSPS) is 38.0. The number of fused-ring (bicyclic) bond motifs is 4. The molecule has 3 aliphatic heterocycles. The van der Waals surface area contributed by atoms with Crippen LogP contribution in [0.4, 0.5) is 0 Å². The summed E-state index contributed by atoms with van der Waals surface area (Å²) in [7, 11) is 0. The van der Waals surface area contributed by atoms with Crippen molar-refractivity contribution in [3.8, 4) is 0 Å². The van der Waals surface area contributed by atoms with E-state index in [2.05, 4.69) is 32.2 Å². The molecule has 3 fully saturated rings. The Hall–Kier alpha value is -0.280. The van der Waals surface area contributed by atoms with Crippen LogP contribution in [0.5, 0.6) is 0 Å². The van der Waals surface area contributed by atoms with E-state index >= 15 is 0 Å². The number of rotatable bonds is 2. The first kappa shape index (κ1) is 9.28. The van der Waals surface area contributed by atoms with Gasteiger partial charge in [0.15, 0.2) is 0 Å². The van der Waals surface area contributed by atoms with Crippen molar-refractivity contribution in [2.45, 2.75) is 12.5 Å². The molecule has 0 aliphatic carbocycles. The van der Waals surface area contributed by atoms with Crippen molar-refractivity contribution in [1.29, 1.82) is 0 Å². The standard InChI is InChI=1S/C9H15N3S/c13-8-10-6-9-7-11-2-1-3-12(9)5-4-11/h9H,1-7H2. The van der Waals surface area contributed by atoms with Crippen LogP contribution < -0.4 is 0 Å². The molecule has 0 aromatic rings. The van der Waals surface area contributed by atoms with Gasteiger partial charge >= 0.3 is 0 Å². The number of piperazine rings is 1. The largest absolute Gasteiger partial charge is 0.300 e. The molecule has 0 N–H and O–H groups in total. The van der Waals surface area contributed by atoms with Crippen molar-refractivity contribution in [1.82, 2.24) is 9.80 Å². The fraction of sp³-hybridized carbons (Fsp3) is 0.889. The summed E-state index contributed by atoms with van der Waals surface area (Å²) >= 11 is 4.59. The lowest BCUT2D eigenvalue weighted by molar-refractivity contribution is 0.119. The zero-order valence-corrected chi connectivity index (χ0v) is 8.59. The van der Waals surface area contributed by atoms with E-state index in [0.29, 0.717) is 6.04 Å². The van der Waals surface area contributed by atoms with Crippen molar-refractivity contribution < 1.29 is 0 Å². The molecule has 3 aliphatic rings. The first-order valence-corrected chi connectivity index (χ1v) is 5.31. The van der Waals surface area contributed by atoms with E-state index in [4.69, 9.17) is 0 Å². The van der Waals surface area contributed by atoms with Crippen LogP contribution in [0.25, 0.3) is 0 Å². The molecule has 3 atom stereocenters. The maximum atomic E-state index is 4.59. The van der Waals surface area contributed by atoms with Crippen molar-refractivity contribution >= 4 is 17.4 Å². The van der Waals surface area contributed by atoms with Crippen LogP contribution in [0.15, 0.2) is 4.99 Å². The smallest absolute Gasteiger partial charge is 0.0661 e. The second-order valence-corrected chi connectivity index (χ2v) is 3.96. The molecule has 3 rings (SSSR count). The Bertz CT molecular complexity index is 221. The van der Waals surface area contributed by atoms with Crippen molar-refractivity contribution in [2.24, 2.45) is 4.99 Å². The highest BCUT2D eigenvalue weighted by atomic mass is 32.1. The molecule has 3 heterocycles. The second-order valence-electron chi connectivity index (χ2n) is 3.78. The summed E-state index contributed by atoms with van der Waals surface area (Å²) in [6.45, 7) is 6.93. The molecular formula is C9H15N3S. The molecule has 3 unspecified atom stereocenters. The first-order valence-electron chi connectivity index (χ1n) is 4.90. The molecule has 3 nitrogen and oxygen atoms in total. The van der Waals surface area contributed by atoms with Crippen molar-refractivity contribution in [3.05, 3.63) is 0 Å². The van der Waals surface area contributed by atoms with Gasteiger partial charge in [-0.25, -0.2) is 4.99 Å². The molecule has 13 heavy (non-hydrogen) atoms. The van der Waals surface area contributed by atoms with Crippen LogP contribution in [0.1, 0.15) is 6.42 Å². The summed E-state index contributed by atoms with van der Waals surface area (Å²) in [4.78, 5) is 9.13. The van der Waals surface area contributed by atoms with Crippen molar-refractivity contribution in [2.75, 3.05) is 39.3 Å². The van der Waals surface area contributed by atoms with Crippen LogP contribution >= 0.6 is 12.2 Å². The summed E-state index contributed by atoms with van der Waals surface area (Å²) in [6, 6.07) is 0.590. The predicted octanol–water partition coefficient (Wildman–Crippen LogP) is 0.479. The number of hydrogen-bond acceptors (Lipinski definition) is 4. The van der Waals surface area contributed by atoms with E-state index in [1.54, 1.807) is 0 Å². The van der Waals surface area contributed by atoms with Crippen LogP contribution in [0.2, 0.25) is 0 Å². The van der Waals surface area contributed by atoms with E-state index in [9.17, 15) is 0 Å². The lowest BCUT2D eigenvalue weighted by atomic mass is 10.2. The Morgan fingerprint density at radius 1 is 1.31 bits per heavy atom. The highest BCUT2D eigenvalue weighted by Gasteiger charge is 2.28. The third kappa shape index (κ3) is 2.15. The Morgan fingerprint density at radius 3 is 3.08 bits per heavy atom. The summed E-state index contributed by atoms with van der Waals surface area (Å²) < 4.78 is 0. The molecule has 0 aromatic heterocycles. The molecule has 0 amide bonds. The number of thiocarbonyl (C=S) groups is 1. The zero-order valence-electron chi connectivity index (χ0n) is 7.78. The fourth-order valence-electron chi connectivity index (χ4n) is 2.27. The number of isothiocyanates is 1. The summed E-state index contributed by atoms with van der Waals surface area (Å²) in [5.41, 5.74) is 0. The van der Waals surface area contributed by atoms with Crippen LogP contribution in [0, 0.1) is 0 Å². The Kier molecular flexibility index (Phi) is 3.06. The topological polar surface area (TPSA) is 18.8 Å². The SMILES string of the molecule is S=C=NCC1CN2CCCN1CC2. The number of hydrogen-bond donors (Lipinski definition) is 0. The summed E-state index contributed by atoms with van der Waals surface area (Å²) in [5.74, 6) is 0. The van der Waals surface area contributed by atoms with Gasteiger partial charge < -0.3 is 4.90 Å². The summed E-state index contributed by atoms with van der Waals surface area (Å²) in [5, 5.41) is 2.46. The van der Waals surface area contributed by atoms with E-state index in [1.807, 2.05) is 0 Å². The monoisotopic (exact) mass is 197 g/mol. The zero-order chi connectivity index (χ0) is 9.10. The van der Waals surface area contributed by atoms with Gasteiger partial charge in [-0.2, -0.15) is 0 Å². The van der Waals surface area contributed by atoms with Crippen LogP contribution in [-0.4, -0.2) is 60.3 Å². The highest BCUT2D eigenvalue weighted by molar-refractivity contribution is 7.78. The van der Waals surface area contributed by atoms with Gasteiger partial charge in [0, 0.05) is 25.7 Å². The maximum Gasteiger partial charge on any atom is 0.0661 e. The quantitative estimate of drug-likeness (QED) is 0.474. The highest BCUT2D eigenvalue weighted by Crippen LogP contribution is 2.15. The van der Waals surface area contributed by atoms with E-state index in [0.717, 1.165) is 6.54 Å². The molecule has 0 saturated carbocycles. The minimum Gasteiger partial charge on any atom is -0.300 e. The Balaban J connectivity index is 1.99. The second kappa shape index (κ2) is 4.29. The molecule has 0 aromatic carbocycles. The fourth-order valence-corrected chi connectivity index (χ4v) is 2.34. The summed E-state index contributed by atoms with van der Waals surface area (Å²) in [6.07, 6.45) is 1.30. The Labute approximate surface area is 84.4 Å². The predicted molar refractivity (Wildman–Crippen MR) is 56.3 cm³/mol. The lowest BCUT2D eigenvalue weighted by Gasteiger charge is -2.36. The molecule has 3 saturated heterocycles. The van der Waals surface area contributed by atoms with Gasteiger partial charge in [0.05, 0.1) is 11.7 Å². The van der Waals surface area contributed by atoms with Gasteiger partial charge in [-0.1, -0.05) is 0 Å². The minimum absolute atomic E-state index is 0.590. The van der Waals surface area contributed by atoms with Crippen molar-refractivity contribution in [3.63, 3.8) is 0 Å². The van der Waals surface area contributed by atoms with Gasteiger partial charge in [0.1, 0.15) is 0 Å². The van der Waals surface area contributed by atoms with Gasteiger partial charge in [-0.15, -0.1) is 0 Å². The third-order valence-corrected chi connectivity index (χ3v) is 3.10. The van der Waals surface area contributed by atoms with Gasteiger partial charge in [-0.05, 0) is 31.7 Å². The van der Waals surface area contributed by atoms with Gasteiger partial charge in [-0.3, -0.25) is 4.90 Å². The van der Waals surface area contributed by atoms with Gasteiger partial charge in [0.25, 0.3) is 0 Å². The minimum atomic E-state index is 0.590. The molecule has 2 bridgehead atoms. The van der Waals surface area contributed by atoms with Gasteiger partial charge in [0.2, 0.25) is 0 Å². The van der Waals surface area contributed by atoms with E-state index in [1.165, 1.54) is 39.1 Å². The van der Waals surface area contributed by atoms with Crippen LogP contribution in [0.3, 0.4) is 0 Å². The van der Waals surface area contributed by atoms with E-state index in [-0.39, 0.29) is 0 Å². The molecule has 0 radical (unpaired) electrons. The Morgan fingerprint density at radius 2 is 2.23 bits per heavy atom. The molecular weight excluding hydrogens is 182 g/mol. The third-order valence-electron chi connectivity index (χ3n) is 2.98. The molecule has 0 spiro atoms. The average Bonchev–Trinajstić information content (AvgIpc) is 2.48. The molecule has 4 heteroatoms. The maximum absolute atomic E-state index is 4.59. The number of aliphatic imine (C=N–C) groups is 1. The first-order chi connectivity index (χ1) is 6.40. The average molecular weight is 197 g/mol. The lowest BCUT2D eigenvalue weighted by Crippen LogP contribution is -2.51. The van der Waals surface area contributed by atoms with Crippen LogP contribution in [-0.2, 0) is 0 Å².